The quantitative estimate of drug-likeness (QED) is 0.530. The second-order valence-electron chi connectivity index (χ2n) is 7.97. The van der Waals surface area contributed by atoms with Crippen LogP contribution in [0.2, 0.25) is 0 Å². The van der Waals surface area contributed by atoms with Gasteiger partial charge in [0.2, 0.25) is 10.0 Å². The van der Waals surface area contributed by atoms with Crippen molar-refractivity contribution in [1.82, 2.24) is 9.62 Å². The Bertz CT molecular complexity index is 1010. The van der Waals surface area contributed by atoms with Gasteiger partial charge in [-0.15, -0.1) is 0 Å². The van der Waals surface area contributed by atoms with E-state index in [2.05, 4.69) is 11.4 Å². The Hall–Kier alpha value is -2.62. The third kappa shape index (κ3) is 6.93. The lowest BCUT2D eigenvalue weighted by molar-refractivity contribution is -0.128. The van der Waals surface area contributed by atoms with Crippen molar-refractivity contribution in [2.75, 3.05) is 39.5 Å². The molecule has 1 saturated heterocycles. The summed E-state index contributed by atoms with van der Waals surface area (Å²) in [6.07, 6.45) is -0.0467. The normalized spacial score (nSPS) is 15.6. The molecule has 1 amide bonds. The van der Waals surface area contributed by atoms with Gasteiger partial charge in [0.25, 0.3) is 5.91 Å². The van der Waals surface area contributed by atoms with Crippen molar-refractivity contribution in [2.45, 2.75) is 38.2 Å². The fourth-order valence-electron chi connectivity index (χ4n) is 3.59. The summed E-state index contributed by atoms with van der Waals surface area (Å²) in [4.78, 5) is 12.7. The number of hydrogen-bond acceptors (Lipinski definition) is 6. The zero-order valence-electron chi connectivity index (χ0n) is 19.4. The molecule has 1 heterocycles. The SMILES string of the molecule is CCC(Oc1cc(C)cc(C)c1)C(=O)NCCOc1ccc(S(=O)(=O)N2CCOCC2)cc1. The lowest BCUT2D eigenvalue weighted by Gasteiger charge is -2.26. The maximum absolute atomic E-state index is 12.7. The molecular weight excluding hydrogens is 444 g/mol. The number of nitrogens with one attached hydrogen (secondary N) is 1. The minimum absolute atomic E-state index is 0.202. The fourth-order valence-corrected chi connectivity index (χ4v) is 5.00. The number of nitrogens with zero attached hydrogens (tertiary/aromatic N) is 1. The summed E-state index contributed by atoms with van der Waals surface area (Å²) in [5.41, 5.74) is 2.16. The Kier molecular flexibility index (Phi) is 8.71. The smallest absolute Gasteiger partial charge is 0.261 e. The molecular formula is C24H32N2O6S. The second-order valence-corrected chi connectivity index (χ2v) is 9.90. The minimum atomic E-state index is -3.53. The van der Waals surface area contributed by atoms with E-state index in [4.69, 9.17) is 14.2 Å². The number of benzene rings is 2. The fraction of sp³-hybridized carbons (Fsp3) is 0.458. The van der Waals surface area contributed by atoms with E-state index in [9.17, 15) is 13.2 Å². The Morgan fingerprint density at radius 3 is 2.30 bits per heavy atom. The van der Waals surface area contributed by atoms with Gasteiger partial charge in [0.05, 0.1) is 24.7 Å². The highest BCUT2D eigenvalue weighted by molar-refractivity contribution is 7.89. The number of ether oxygens (including phenoxy) is 3. The number of carbonyl (C=O) groups is 1. The molecule has 33 heavy (non-hydrogen) atoms. The van der Waals surface area contributed by atoms with E-state index >= 15 is 0 Å². The summed E-state index contributed by atoms with van der Waals surface area (Å²) < 4.78 is 43.5. The summed E-state index contributed by atoms with van der Waals surface area (Å²) in [7, 11) is -3.53. The largest absolute Gasteiger partial charge is 0.492 e. The summed E-state index contributed by atoms with van der Waals surface area (Å²) >= 11 is 0. The van der Waals surface area contributed by atoms with Crippen LogP contribution in [0.1, 0.15) is 24.5 Å². The second kappa shape index (κ2) is 11.5. The molecule has 0 radical (unpaired) electrons. The first kappa shape index (κ1) is 25.0. The van der Waals surface area contributed by atoms with Crippen LogP contribution in [-0.2, 0) is 19.6 Å². The zero-order chi connectivity index (χ0) is 23.8. The Balaban J connectivity index is 1.46. The summed E-state index contributed by atoms with van der Waals surface area (Å²) in [5.74, 6) is 1.01. The van der Waals surface area contributed by atoms with Gasteiger partial charge in [0.15, 0.2) is 6.10 Å². The molecule has 1 N–H and O–H groups in total. The van der Waals surface area contributed by atoms with Crippen LogP contribution >= 0.6 is 0 Å². The molecule has 1 unspecified atom stereocenters. The average molecular weight is 477 g/mol. The van der Waals surface area contributed by atoms with Gasteiger partial charge in [-0.2, -0.15) is 4.31 Å². The molecule has 0 aliphatic carbocycles. The van der Waals surface area contributed by atoms with Crippen molar-refractivity contribution in [2.24, 2.45) is 0 Å². The molecule has 1 aliphatic heterocycles. The van der Waals surface area contributed by atoms with Crippen LogP contribution in [0.5, 0.6) is 11.5 Å². The van der Waals surface area contributed by atoms with E-state index in [1.165, 1.54) is 16.4 Å². The molecule has 8 nitrogen and oxygen atoms in total. The highest BCUT2D eigenvalue weighted by atomic mass is 32.2. The van der Waals surface area contributed by atoms with Crippen LogP contribution in [0.4, 0.5) is 0 Å². The van der Waals surface area contributed by atoms with Gasteiger partial charge in [0.1, 0.15) is 18.1 Å². The van der Waals surface area contributed by atoms with Crippen LogP contribution in [0, 0.1) is 13.8 Å². The Morgan fingerprint density at radius 2 is 1.70 bits per heavy atom. The number of carbonyl (C=O) groups excluding carboxylic acids is 1. The molecule has 2 aromatic carbocycles. The third-order valence-electron chi connectivity index (χ3n) is 5.24. The molecule has 1 atom stereocenters. The lowest BCUT2D eigenvalue weighted by Crippen LogP contribution is -2.40. The van der Waals surface area contributed by atoms with Gasteiger partial charge in [-0.3, -0.25) is 4.79 Å². The summed E-state index contributed by atoms with van der Waals surface area (Å²) in [6, 6.07) is 12.2. The van der Waals surface area contributed by atoms with Gasteiger partial charge in [-0.1, -0.05) is 13.0 Å². The van der Waals surface area contributed by atoms with Gasteiger partial charge >= 0.3 is 0 Å². The predicted octanol–water partition coefficient (Wildman–Crippen LogP) is 2.68. The van der Waals surface area contributed by atoms with Gasteiger partial charge < -0.3 is 19.5 Å². The topological polar surface area (TPSA) is 94.2 Å². The predicted molar refractivity (Wildman–Crippen MR) is 125 cm³/mol. The van der Waals surface area contributed by atoms with Crippen molar-refractivity contribution >= 4 is 15.9 Å². The molecule has 9 heteroatoms. The Labute approximate surface area is 195 Å². The number of morpholine rings is 1. The third-order valence-corrected chi connectivity index (χ3v) is 7.15. The lowest BCUT2D eigenvalue weighted by atomic mass is 10.1. The standard InChI is InChI=1S/C24H32N2O6S/c1-4-23(32-21-16-18(2)15-19(3)17-21)24(27)25-9-12-31-20-5-7-22(8-6-20)33(28,29)26-10-13-30-14-11-26/h5-8,15-17,23H,4,9-14H2,1-3H3,(H,25,27). The van der Waals surface area contributed by atoms with Crippen LogP contribution in [0.3, 0.4) is 0 Å². The number of amides is 1. The van der Waals surface area contributed by atoms with Crippen molar-refractivity contribution in [3.05, 3.63) is 53.6 Å². The maximum Gasteiger partial charge on any atom is 0.261 e. The van der Waals surface area contributed by atoms with Gasteiger partial charge in [-0.25, -0.2) is 8.42 Å². The molecule has 1 fully saturated rings. The van der Waals surface area contributed by atoms with Crippen LogP contribution in [-0.4, -0.2) is 64.2 Å². The van der Waals surface area contributed by atoms with E-state index in [1.807, 2.05) is 32.9 Å². The van der Waals surface area contributed by atoms with E-state index in [0.29, 0.717) is 50.8 Å². The number of hydrogen-bond donors (Lipinski definition) is 1. The molecule has 0 saturated carbocycles. The van der Waals surface area contributed by atoms with E-state index in [1.54, 1.807) is 12.1 Å². The van der Waals surface area contributed by atoms with Crippen molar-refractivity contribution in [3.8, 4) is 11.5 Å². The van der Waals surface area contributed by atoms with E-state index < -0.39 is 16.1 Å². The molecule has 0 bridgehead atoms. The minimum Gasteiger partial charge on any atom is -0.492 e. The van der Waals surface area contributed by atoms with Crippen molar-refractivity contribution < 1.29 is 27.4 Å². The highest BCUT2D eigenvalue weighted by Crippen LogP contribution is 2.21. The molecule has 0 aromatic heterocycles. The first-order valence-electron chi connectivity index (χ1n) is 11.1. The van der Waals surface area contributed by atoms with E-state index in [-0.39, 0.29) is 17.4 Å². The van der Waals surface area contributed by atoms with Crippen molar-refractivity contribution in [1.29, 1.82) is 0 Å². The summed E-state index contributed by atoms with van der Waals surface area (Å²) in [6.45, 7) is 7.95. The van der Waals surface area contributed by atoms with E-state index in [0.717, 1.165) is 11.1 Å². The molecule has 180 valence electrons. The Morgan fingerprint density at radius 1 is 1.06 bits per heavy atom. The zero-order valence-corrected chi connectivity index (χ0v) is 20.2. The monoisotopic (exact) mass is 476 g/mol. The number of aryl methyl sites for hydroxylation is 2. The van der Waals surface area contributed by atoms with Crippen LogP contribution in [0.25, 0.3) is 0 Å². The molecule has 1 aliphatic rings. The first-order valence-corrected chi connectivity index (χ1v) is 12.6. The summed E-state index contributed by atoms with van der Waals surface area (Å²) in [5, 5.41) is 2.83. The number of sulfonamides is 1. The first-order chi connectivity index (χ1) is 15.8. The maximum atomic E-state index is 12.7. The average Bonchev–Trinajstić information content (AvgIpc) is 2.80. The molecule has 0 spiro atoms. The molecule has 3 rings (SSSR count). The van der Waals surface area contributed by atoms with Gasteiger partial charge in [-0.05, 0) is 67.8 Å². The molecule has 2 aromatic rings. The van der Waals surface area contributed by atoms with Gasteiger partial charge in [0, 0.05) is 13.1 Å². The van der Waals surface area contributed by atoms with Crippen LogP contribution in [0.15, 0.2) is 47.4 Å². The highest BCUT2D eigenvalue weighted by Gasteiger charge is 2.26. The number of rotatable bonds is 10. The van der Waals surface area contributed by atoms with Crippen LogP contribution < -0.4 is 14.8 Å². The van der Waals surface area contributed by atoms with Crippen molar-refractivity contribution in [3.63, 3.8) is 0 Å².